The van der Waals surface area contributed by atoms with Crippen LogP contribution in [0.3, 0.4) is 0 Å². The molecule has 2 unspecified atom stereocenters. The van der Waals surface area contributed by atoms with E-state index in [4.69, 9.17) is 9.47 Å². The fourth-order valence-corrected chi connectivity index (χ4v) is 3.25. The number of hydrogen-bond donors (Lipinski definition) is 0. The lowest BCUT2D eigenvalue weighted by molar-refractivity contribution is -0.161. The Morgan fingerprint density at radius 1 is 1.21 bits per heavy atom. The number of Topliss-reactive ketones (excluding diaryl/α,β-unsaturated/α-hetero) is 1. The smallest absolute Gasteiger partial charge is 0.235 e. The molecule has 1 saturated heterocycles. The summed E-state index contributed by atoms with van der Waals surface area (Å²) in [4.78, 5) is 26.8. The van der Waals surface area contributed by atoms with Gasteiger partial charge in [0, 0.05) is 19.1 Å². The molecule has 0 spiro atoms. The first-order chi connectivity index (χ1) is 11.6. The average molecular weight is 337 g/mol. The number of piperidine rings is 1. The van der Waals surface area contributed by atoms with Gasteiger partial charge in [-0.1, -0.05) is 46.1 Å². The summed E-state index contributed by atoms with van der Waals surface area (Å²) in [6.07, 6.45) is 8.10. The molecular formula is C19H31NO4. The van der Waals surface area contributed by atoms with Crippen molar-refractivity contribution in [3.8, 4) is 0 Å². The third-order valence-corrected chi connectivity index (χ3v) is 4.76. The van der Waals surface area contributed by atoms with Gasteiger partial charge in [0.05, 0.1) is 12.5 Å². The molecule has 0 N–H and O–H groups in total. The maximum Gasteiger partial charge on any atom is 0.235 e. The Bertz CT molecular complexity index is 462. The summed E-state index contributed by atoms with van der Waals surface area (Å²) >= 11 is 0. The van der Waals surface area contributed by atoms with Crippen molar-refractivity contribution in [1.29, 1.82) is 0 Å². The van der Waals surface area contributed by atoms with Gasteiger partial charge >= 0.3 is 0 Å². The van der Waals surface area contributed by atoms with Crippen LogP contribution in [0.1, 0.15) is 52.9 Å². The van der Waals surface area contributed by atoms with E-state index in [-0.39, 0.29) is 29.9 Å². The SMILES string of the molecule is CCCCOC[C@@H]1C=C[C@H](N2CC(C)C(=O)C(CCCC)C2=O)O1. The van der Waals surface area contributed by atoms with Gasteiger partial charge in [0.25, 0.3) is 0 Å². The van der Waals surface area contributed by atoms with Crippen molar-refractivity contribution in [2.75, 3.05) is 19.8 Å². The summed E-state index contributed by atoms with van der Waals surface area (Å²) in [5.41, 5.74) is 0. The highest BCUT2D eigenvalue weighted by Crippen LogP contribution is 2.28. The predicted octanol–water partition coefficient (Wildman–Crippen LogP) is 2.94. The molecule has 0 bridgehead atoms. The summed E-state index contributed by atoms with van der Waals surface area (Å²) < 4.78 is 11.5. The average Bonchev–Trinajstić information content (AvgIpc) is 3.04. The molecule has 1 amide bonds. The second kappa shape index (κ2) is 9.33. The van der Waals surface area contributed by atoms with Crippen LogP contribution < -0.4 is 0 Å². The van der Waals surface area contributed by atoms with E-state index in [1.165, 1.54) is 0 Å². The molecule has 136 valence electrons. The number of carbonyl (C=O) groups is 2. The largest absolute Gasteiger partial charge is 0.378 e. The Balaban J connectivity index is 1.90. The van der Waals surface area contributed by atoms with Gasteiger partial charge in [0.2, 0.25) is 5.91 Å². The number of unbranched alkanes of at least 4 members (excludes halogenated alkanes) is 2. The van der Waals surface area contributed by atoms with E-state index in [9.17, 15) is 9.59 Å². The van der Waals surface area contributed by atoms with Crippen LogP contribution in [0.4, 0.5) is 0 Å². The van der Waals surface area contributed by atoms with Gasteiger partial charge in [-0.3, -0.25) is 9.59 Å². The first-order valence-corrected chi connectivity index (χ1v) is 9.34. The van der Waals surface area contributed by atoms with Crippen LogP contribution in [0.5, 0.6) is 0 Å². The molecule has 0 aromatic heterocycles. The predicted molar refractivity (Wildman–Crippen MR) is 92.4 cm³/mol. The van der Waals surface area contributed by atoms with E-state index >= 15 is 0 Å². The highest BCUT2D eigenvalue weighted by Gasteiger charge is 2.42. The minimum Gasteiger partial charge on any atom is -0.378 e. The van der Waals surface area contributed by atoms with Crippen LogP contribution in [0.25, 0.3) is 0 Å². The fraction of sp³-hybridized carbons (Fsp3) is 0.789. The molecule has 0 aromatic rings. The Labute approximate surface area is 145 Å². The van der Waals surface area contributed by atoms with Gasteiger partial charge in [-0.25, -0.2) is 0 Å². The van der Waals surface area contributed by atoms with E-state index in [0.29, 0.717) is 19.6 Å². The van der Waals surface area contributed by atoms with Gasteiger partial charge in [0.15, 0.2) is 6.23 Å². The number of rotatable bonds is 9. The number of likely N-dealkylation sites (tertiary alicyclic amines) is 1. The molecule has 1 fully saturated rings. The molecule has 2 aliphatic rings. The van der Waals surface area contributed by atoms with Crippen LogP contribution in [0.15, 0.2) is 12.2 Å². The highest BCUT2D eigenvalue weighted by molar-refractivity contribution is 6.04. The number of hydrogen-bond acceptors (Lipinski definition) is 4. The molecule has 0 aromatic carbocycles. The summed E-state index contributed by atoms with van der Waals surface area (Å²) in [6, 6.07) is 0. The van der Waals surface area contributed by atoms with Crippen LogP contribution in [-0.4, -0.2) is 48.7 Å². The fourth-order valence-electron chi connectivity index (χ4n) is 3.25. The lowest BCUT2D eigenvalue weighted by Crippen LogP contribution is -2.54. The monoisotopic (exact) mass is 337 g/mol. The first-order valence-electron chi connectivity index (χ1n) is 9.34. The Morgan fingerprint density at radius 2 is 1.96 bits per heavy atom. The maximum atomic E-state index is 12.7. The molecule has 2 heterocycles. The third kappa shape index (κ3) is 4.67. The number of ether oxygens (including phenoxy) is 2. The maximum absolute atomic E-state index is 12.7. The van der Waals surface area contributed by atoms with Crippen molar-refractivity contribution < 1.29 is 19.1 Å². The van der Waals surface area contributed by atoms with Crippen molar-refractivity contribution in [1.82, 2.24) is 4.90 Å². The minimum absolute atomic E-state index is 0.0752. The molecule has 0 saturated carbocycles. The highest BCUT2D eigenvalue weighted by atomic mass is 16.5. The zero-order valence-electron chi connectivity index (χ0n) is 15.2. The standard InChI is InChI=1S/C19H31NO4/c1-4-6-8-16-18(21)14(3)12-20(19(16)22)17-10-9-15(24-17)13-23-11-7-5-2/h9-10,14-17H,4-8,11-13H2,1-3H3/t14?,15-,16?,17+/m0/s1. The van der Waals surface area contributed by atoms with Crippen LogP contribution in [0.2, 0.25) is 0 Å². The van der Waals surface area contributed by atoms with E-state index in [1.54, 1.807) is 4.90 Å². The zero-order valence-corrected chi connectivity index (χ0v) is 15.2. The summed E-state index contributed by atoms with van der Waals surface area (Å²) in [7, 11) is 0. The lowest BCUT2D eigenvalue weighted by atomic mass is 9.84. The lowest BCUT2D eigenvalue weighted by Gasteiger charge is -2.38. The molecule has 5 nitrogen and oxygen atoms in total. The molecule has 2 rings (SSSR count). The quantitative estimate of drug-likeness (QED) is 0.369. The van der Waals surface area contributed by atoms with E-state index < -0.39 is 5.92 Å². The third-order valence-electron chi connectivity index (χ3n) is 4.76. The molecule has 0 radical (unpaired) electrons. The van der Waals surface area contributed by atoms with Crippen LogP contribution >= 0.6 is 0 Å². The van der Waals surface area contributed by atoms with Crippen molar-refractivity contribution >= 4 is 11.7 Å². The minimum atomic E-state index is -0.495. The second-order valence-corrected chi connectivity index (χ2v) is 6.87. The van der Waals surface area contributed by atoms with Crippen molar-refractivity contribution in [2.45, 2.75) is 65.2 Å². The molecule has 0 aliphatic carbocycles. The first kappa shape index (κ1) is 19.1. The Morgan fingerprint density at radius 3 is 2.67 bits per heavy atom. The summed E-state index contributed by atoms with van der Waals surface area (Å²) in [6.45, 7) is 7.81. The normalized spacial score (nSPS) is 30.4. The molecule has 4 atom stereocenters. The van der Waals surface area contributed by atoms with Crippen LogP contribution in [0, 0.1) is 11.8 Å². The van der Waals surface area contributed by atoms with Gasteiger partial charge < -0.3 is 14.4 Å². The second-order valence-electron chi connectivity index (χ2n) is 6.87. The van der Waals surface area contributed by atoms with E-state index in [2.05, 4.69) is 13.8 Å². The topological polar surface area (TPSA) is 55.8 Å². The van der Waals surface area contributed by atoms with E-state index in [1.807, 2.05) is 19.1 Å². The summed E-state index contributed by atoms with van der Waals surface area (Å²) in [5.74, 6) is -0.605. The van der Waals surface area contributed by atoms with E-state index in [0.717, 1.165) is 32.3 Å². The molecule has 24 heavy (non-hydrogen) atoms. The molecular weight excluding hydrogens is 306 g/mol. The van der Waals surface area contributed by atoms with Crippen LogP contribution in [-0.2, 0) is 19.1 Å². The number of carbonyl (C=O) groups excluding carboxylic acids is 2. The zero-order chi connectivity index (χ0) is 17.5. The Hall–Kier alpha value is -1.20. The number of ketones is 1. The van der Waals surface area contributed by atoms with Gasteiger partial charge in [-0.2, -0.15) is 0 Å². The summed E-state index contributed by atoms with van der Waals surface area (Å²) in [5, 5.41) is 0. The van der Waals surface area contributed by atoms with Crippen molar-refractivity contribution in [2.24, 2.45) is 11.8 Å². The van der Waals surface area contributed by atoms with Gasteiger partial charge in [0.1, 0.15) is 11.9 Å². The number of amides is 1. The molecule has 5 heteroatoms. The molecule has 2 aliphatic heterocycles. The van der Waals surface area contributed by atoms with Gasteiger partial charge in [-0.15, -0.1) is 0 Å². The van der Waals surface area contributed by atoms with Gasteiger partial charge in [-0.05, 0) is 18.9 Å². The van der Waals surface area contributed by atoms with Crippen molar-refractivity contribution in [3.63, 3.8) is 0 Å². The van der Waals surface area contributed by atoms with Crippen molar-refractivity contribution in [3.05, 3.63) is 12.2 Å². The Kier molecular flexibility index (Phi) is 7.43. The number of nitrogens with zero attached hydrogens (tertiary/aromatic N) is 1.